The second kappa shape index (κ2) is 11.1. The van der Waals surface area contributed by atoms with Gasteiger partial charge in [0.1, 0.15) is 11.6 Å². The highest BCUT2D eigenvalue weighted by Gasteiger charge is 2.35. The second-order valence-electron chi connectivity index (χ2n) is 10.2. The Hall–Kier alpha value is -4.48. The number of thiazole rings is 1. The molecule has 200 valence electrons. The number of anilines is 1. The molecule has 3 heterocycles. The third-order valence-electron chi connectivity index (χ3n) is 5.89. The summed E-state index contributed by atoms with van der Waals surface area (Å²) in [4.78, 5) is 38.6. The van der Waals surface area contributed by atoms with E-state index in [1.807, 2.05) is 32.0 Å². The number of carbonyl (C=O) groups excluding carboxylic acids is 2. The largest absolute Gasteiger partial charge is 0.444 e. The molecular weight excluding hydrogens is 514 g/mol. The lowest BCUT2D eigenvalue weighted by molar-refractivity contribution is 0.0102. The SMILES string of the molecule is Cc1cc(-c2sc(NC(=O)N3CCN(C(=O)OC(C)(C)C)[C@@H](C#N)C3)nc2-c2cccc(C#N)c2)cc(C)n1. The van der Waals surface area contributed by atoms with E-state index in [-0.39, 0.29) is 19.6 Å². The van der Waals surface area contributed by atoms with Gasteiger partial charge in [-0.05, 0) is 64.4 Å². The van der Waals surface area contributed by atoms with Gasteiger partial charge in [-0.1, -0.05) is 23.5 Å². The maximum Gasteiger partial charge on any atom is 0.411 e. The van der Waals surface area contributed by atoms with Crippen LogP contribution in [0.4, 0.5) is 14.7 Å². The van der Waals surface area contributed by atoms with Crippen LogP contribution in [0.25, 0.3) is 21.7 Å². The average molecular weight is 544 g/mol. The molecule has 0 unspecified atom stereocenters. The molecule has 0 saturated carbocycles. The zero-order valence-electron chi connectivity index (χ0n) is 22.5. The van der Waals surface area contributed by atoms with Crippen molar-refractivity contribution in [3.05, 3.63) is 53.3 Å². The Kier molecular flexibility index (Phi) is 7.84. The summed E-state index contributed by atoms with van der Waals surface area (Å²) in [5.41, 5.74) is 3.82. The van der Waals surface area contributed by atoms with Gasteiger partial charge in [0.2, 0.25) is 0 Å². The van der Waals surface area contributed by atoms with Crippen LogP contribution in [0, 0.1) is 36.5 Å². The zero-order valence-corrected chi connectivity index (χ0v) is 23.3. The van der Waals surface area contributed by atoms with Crippen molar-refractivity contribution in [3.8, 4) is 33.8 Å². The van der Waals surface area contributed by atoms with E-state index in [1.165, 1.54) is 21.1 Å². The fourth-order valence-electron chi connectivity index (χ4n) is 4.25. The van der Waals surface area contributed by atoms with E-state index in [2.05, 4.69) is 22.4 Å². The molecule has 1 aliphatic heterocycles. The molecule has 0 aliphatic carbocycles. The number of pyridine rings is 1. The molecule has 39 heavy (non-hydrogen) atoms. The molecular formula is C28H29N7O3S. The second-order valence-corrected chi connectivity index (χ2v) is 11.2. The monoisotopic (exact) mass is 543 g/mol. The molecule has 10 nitrogen and oxygen atoms in total. The van der Waals surface area contributed by atoms with Gasteiger partial charge >= 0.3 is 12.1 Å². The quantitative estimate of drug-likeness (QED) is 0.471. The van der Waals surface area contributed by atoms with Gasteiger partial charge in [0, 0.05) is 30.0 Å². The highest BCUT2D eigenvalue weighted by Crippen LogP contribution is 2.39. The molecule has 3 aromatic rings. The number of hydrogen-bond acceptors (Lipinski definition) is 8. The van der Waals surface area contributed by atoms with Crippen LogP contribution in [0.2, 0.25) is 0 Å². The molecule has 0 spiro atoms. The summed E-state index contributed by atoms with van der Waals surface area (Å²) in [7, 11) is 0. The Labute approximate surface area is 231 Å². The van der Waals surface area contributed by atoms with E-state index in [0.717, 1.165) is 27.4 Å². The van der Waals surface area contributed by atoms with Gasteiger partial charge < -0.3 is 9.64 Å². The van der Waals surface area contributed by atoms with Gasteiger partial charge in [-0.25, -0.2) is 14.6 Å². The van der Waals surface area contributed by atoms with E-state index in [4.69, 9.17) is 9.72 Å². The van der Waals surface area contributed by atoms with Crippen molar-refractivity contribution in [2.45, 2.75) is 46.3 Å². The van der Waals surface area contributed by atoms with Gasteiger partial charge in [0.25, 0.3) is 0 Å². The van der Waals surface area contributed by atoms with Gasteiger partial charge in [-0.15, -0.1) is 0 Å². The van der Waals surface area contributed by atoms with Crippen LogP contribution in [-0.4, -0.2) is 63.2 Å². The zero-order chi connectivity index (χ0) is 28.3. The normalized spacial score (nSPS) is 15.3. The predicted octanol–water partition coefficient (Wildman–Crippen LogP) is 5.34. The first-order chi connectivity index (χ1) is 18.5. The number of carbonyl (C=O) groups is 2. The smallest absolute Gasteiger partial charge is 0.411 e. The maximum absolute atomic E-state index is 13.2. The van der Waals surface area contributed by atoms with E-state index in [0.29, 0.717) is 16.4 Å². The van der Waals surface area contributed by atoms with Crippen LogP contribution in [0.15, 0.2) is 36.4 Å². The summed E-state index contributed by atoms with van der Waals surface area (Å²) in [5, 5.41) is 22.3. The third kappa shape index (κ3) is 6.51. The minimum atomic E-state index is -0.835. The molecule has 3 amide bonds. The number of urea groups is 1. The first-order valence-electron chi connectivity index (χ1n) is 12.4. The Morgan fingerprint density at radius 1 is 1.08 bits per heavy atom. The van der Waals surface area contributed by atoms with Crippen molar-refractivity contribution in [1.82, 2.24) is 19.8 Å². The lowest BCUT2D eigenvalue weighted by Gasteiger charge is -2.38. The number of nitriles is 2. The maximum atomic E-state index is 13.2. The van der Waals surface area contributed by atoms with Gasteiger partial charge in [0.05, 0.1) is 34.8 Å². The fourth-order valence-corrected chi connectivity index (χ4v) is 5.22. The Morgan fingerprint density at radius 2 is 1.79 bits per heavy atom. The number of benzene rings is 1. The molecule has 4 rings (SSSR count). The summed E-state index contributed by atoms with van der Waals surface area (Å²) in [6.45, 7) is 9.57. The topological polar surface area (TPSA) is 135 Å². The molecule has 1 N–H and O–H groups in total. The highest BCUT2D eigenvalue weighted by atomic mass is 32.1. The van der Waals surface area contributed by atoms with Crippen molar-refractivity contribution in [2.24, 2.45) is 0 Å². The molecule has 1 aromatic carbocycles. The van der Waals surface area contributed by atoms with Gasteiger partial charge in [-0.3, -0.25) is 15.2 Å². The minimum Gasteiger partial charge on any atom is -0.444 e. The average Bonchev–Trinajstić information content (AvgIpc) is 3.30. The number of ether oxygens (including phenoxy) is 1. The molecule has 2 aromatic heterocycles. The summed E-state index contributed by atoms with van der Waals surface area (Å²) in [5.74, 6) is 0. The summed E-state index contributed by atoms with van der Waals surface area (Å²) < 4.78 is 5.42. The van der Waals surface area contributed by atoms with Crippen molar-refractivity contribution in [1.29, 1.82) is 10.5 Å². The predicted molar refractivity (Wildman–Crippen MR) is 148 cm³/mol. The number of nitrogens with zero attached hydrogens (tertiary/aromatic N) is 6. The first kappa shape index (κ1) is 27.6. The van der Waals surface area contributed by atoms with Gasteiger partial charge in [-0.2, -0.15) is 10.5 Å². The number of piperazine rings is 1. The summed E-state index contributed by atoms with van der Waals surface area (Å²) in [6.07, 6.45) is -0.578. The number of aryl methyl sites for hydroxylation is 2. The number of amides is 3. The number of aromatic nitrogens is 2. The summed E-state index contributed by atoms with van der Waals surface area (Å²) >= 11 is 1.32. The van der Waals surface area contributed by atoms with Crippen LogP contribution < -0.4 is 5.32 Å². The Balaban J connectivity index is 1.59. The molecule has 1 atom stereocenters. The first-order valence-corrected chi connectivity index (χ1v) is 13.2. The van der Waals surface area contributed by atoms with Crippen LogP contribution in [0.3, 0.4) is 0 Å². The van der Waals surface area contributed by atoms with E-state index >= 15 is 0 Å². The molecule has 1 aliphatic rings. The lowest BCUT2D eigenvalue weighted by Crippen LogP contribution is -2.57. The van der Waals surface area contributed by atoms with E-state index in [1.54, 1.807) is 39.0 Å². The fraction of sp³-hybridized carbons (Fsp3) is 0.357. The van der Waals surface area contributed by atoms with Crippen molar-refractivity contribution in [2.75, 3.05) is 25.0 Å². The number of nitrogens with one attached hydrogen (secondary N) is 1. The van der Waals surface area contributed by atoms with Crippen LogP contribution in [0.5, 0.6) is 0 Å². The standard InChI is InChI=1S/C28H29N7O3S/c1-17-11-21(12-18(2)31-17)24-23(20-8-6-7-19(13-20)14-29)32-25(39-24)33-26(36)34-9-10-35(22(15-30)16-34)27(37)38-28(3,4)5/h6-8,11-13,22H,9-10,16H2,1-5H3,(H,32,33,36)/t22-/m0/s1. The van der Waals surface area contributed by atoms with Crippen molar-refractivity contribution >= 4 is 28.6 Å². The van der Waals surface area contributed by atoms with E-state index < -0.39 is 23.8 Å². The van der Waals surface area contributed by atoms with Crippen LogP contribution >= 0.6 is 11.3 Å². The Bertz CT molecular complexity index is 1480. The van der Waals surface area contributed by atoms with Crippen LogP contribution in [-0.2, 0) is 4.74 Å². The number of hydrogen-bond donors (Lipinski definition) is 1. The van der Waals surface area contributed by atoms with Crippen molar-refractivity contribution in [3.63, 3.8) is 0 Å². The highest BCUT2D eigenvalue weighted by molar-refractivity contribution is 7.19. The lowest BCUT2D eigenvalue weighted by atomic mass is 10.0. The Morgan fingerprint density at radius 3 is 2.44 bits per heavy atom. The van der Waals surface area contributed by atoms with E-state index in [9.17, 15) is 20.1 Å². The third-order valence-corrected chi connectivity index (χ3v) is 6.91. The molecule has 1 saturated heterocycles. The molecule has 0 bridgehead atoms. The molecule has 11 heteroatoms. The molecule has 0 radical (unpaired) electrons. The number of rotatable bonds is 3. The van der Waals surface area contributed by atoms with Crippen LogP contribution in [0.1, 0.15) is 37.7 Å². The van der Waals surface area contributed by atoms with Crippen molar-refractivity contribution < 1.29 is 14.3 Å². The summed E-state index contributed by atoms with van der Waals surface area (Å²) in [6, 6.07) is 14.1. The minimum absolute atomic E-state index is 0.0413. The molecule has 1 fully saturated rings. The van der Waals surface area contributed by atoms with Gasteiger partial charge in [0.15, 0.2) is 5.13 Å².